The van der Waals surface area contributed by atoms with Gasteiger partial charge in [-0.05, 0) is 61.4 Å². The summed E-state index contributed by atoms with van der Waals surface area (Å²) in [7, 11) is 0. The lowest BCUT2D eigenvalue weighted by Gasteiger charge is -2.11. The first-order valence-electron chi connectivity index (χ1n) is 16.9. The molecule has 6 heteroatoms. The minimum absolute atomic E-state index is 0.00760. The van der Waals surface area contributed by atoms with Crippen molar-refractivity contribution in [3.8, 4) is 11.5 Å². The van der Waals surface area contributed by atoms with Gasteiger partial charge in [0.1, 0.15) is 24.3 Å². The predicted molar refractivity (Wildman–Crippen MR) is 173 cm³/mol. The number of hydrogen-bond donors (Lipinski definition) is 0. The van der Waals surface area contributed by atoms with Gasteiger partial charge in [-0.3, -0.25) is 0 Å². The Bertz CT molecular complexity index is 989. The molecule has 0 aliphatic heterocycles. The van der Waals surface area contributed by atoms with Gasteiger partial charge in [0.05, 0.1) is 17.7 Å². The van der Waals surface area contributed by atoms with Gasteiger partial charge in [-0.15, -0.1) is 0 Å². The van der Waals surface area contributed by atoms with Gasteiger partial charge in [0.25, 0.3) is 0 Å². The Morgan fingerprint density at radius 3 is 1.56 bits per heavy atom. The highest BCUT2D eigenvalue weighted by molar-refractivity contribution is 5.92. The molecule has 0 spiro atoms. The third-order valence-electron chi connectivity index (χ3n) is 7.67. The predicted octanol–water partition coefficient (Wildman–Crippen LogP) is 10.8. The highest BCUT2D eigenvalue weighted by Gasteiger charge is 2.12. The van der Waals surface area contributed by atoms with Crippen molar-refractivity contribution in [3.63, 3.8) is 0 Å². The minimum atomic E-state index is -1.000. The van der Waals surface area contributed by atoms with Crippen LogP contribution < -0.4 is 9.47 Å². The van der Waals surface area contributed by atoms with E-state index in [1.54, 1.807) is 48.5 Å². The van der Waals surface area contributed by atoms with Gasteiger partial charge in [-0.25, -0.2) is 14.0 Å². The van der Waals surface area contributed by atoms with E-state index in [9.17, 15) is 14.0 Å². The summed E-state index contributed by atoms with van der Waals surface area (Å²) in [5, 5.41) is 0. The largest absolute Gasteiger partial charge is 0.491 e. The molecule has 0 bridgehead atoms. The molecule has 0 aliphatic carbocycles. The van der Waals surface area contributed by atoms with Crippen molar-refractivity contribution >= 4 is 11.9 Å². The number of halogens is 1. The van der Waals surface area contributed by atoms with E-state index in [4.69, 9.17) is 14.2 Å². The molecule has 1 unspecified atom stereocenters. The van der Waals surface area contributed by atoms with Crippen LogP contribution in [0.15, 0.2) is 48.5 Å². The summed E-state index contributed by atoms with van der Waals surface area (Å²) in [5.74, 6) is -0.0471. The quantitative estimate of drug-likeness (QED) is 0.0646. The van der Waals surface area contributed by atoms with Gasteiger partial charge < -0.3 is 14.2 Å². The molecule has 0 aliphatic rings. The normalized spacial score (nSPS) is 11.7. The van der Waals surface area contributed by atoms with Gasteiger partial charge in [-0.1, -0.05) is 117 Å². The second kappa shape index (κ2) is 23.6. The zero-order valence-electron chi connectivity index (χ0n) is 26.8. The maximum absolute atomic E-state index is 14.2. The molecule has 0 radical (unpaired) electrons. The molecule has 0 N–H and O–H groups in total. The molecule has 1 atom stereocenters. The first-order chi connectivity index (χ1) is 21.0. The van der Waals surface area contributed by atoms with Crippen LogP contribution in [0.25, 0.3) is 0 Å². The molecule has 2 aromatic rings. The first kappa shape index (κ1) is 36.3. The number of esters is 2. The van der Waals surface area contributed by atoms with Gasteiger partial charge in [0.15, 0.2) is 0 Å². The molecule has 5 nitrogen and oxygen atoms in total. The number of unbranched alkanes of at least 4 members (excludes halogenated alkanes) is 15. The van der Waals surface area contributed by atoms with Crippen molar-refractivity contribution in [1.82, 2.24) is 0 Å². The number of ether oxygens (including phenoxy) is 3. The summed E-state index contributed by atoms with van der Waals surface area (Å²) in [5.41, 5.74) is 0.777. The van der Waals surface area contributed by atoms with Crippen LogP contribution in [0.2, 0.25) is 0 Å². The smallest absolute Gasteiger partial charge is 0.343 e. The van der Waals surface area contributed by atoms with Crippen LogP contribution in [0.5, 0.6) is 11.5 Å². The minimum Gasteiger partial charge on any atom is -0.491 e. The van der Waals surface area contributed by atoms with Crippen LogP contribution in [-0.4, -0.2) is 31.3 Å². The highest BCUT2D eigenvalue weighted by Crippen LogP contribution is 2.19. The van der Waals surface area contributed by atoms with E-state index in [1.165, 1.54) is 83.5 Å². The van der Waals surface area contributed by atoms with Gasteiger partial charge in [0, 0.05) is 0 Å². The molecule has 0 saturated carbocycles. The lowest BCUT2D eigenvalue weighted by atomic mass is 10.1. The lowest BCUT2D eigenvalue weighted by Crippen LogP contribution is -2.13. The van der Waals surface area contributed by atoms with E-state index in [0.717, 1.165) is 25.7 Å². The van der Waals surface area contributed by atoms with E-state index in [2.05, 4.69) is 13.8 Å². The maximum atomic E-state index is 14.2. The number of alkyl halides is 1. The van der Waals surface area contributed by atoms with Crippen LogP contribution in [0.4, 0.5) is 4.39 Å². The number of carbonyl (C=O) groups excluding carboxylic acids is 2. The topological polar surface area (TPSA) is 61.8 Å². The van der Waals surface area contributed by atoms with Crippen LogP contribution in [0.3, 0.4) is 0 Å². The van der Waals surface area contributed by atoms with Crippen molar-refractivity contribution < 1.29 is 28.2 Å². The molecule has 0 aromatic heterocycles. The Morgan fingerprint density at radius 2 is 1.02 bits per heavy atom. The molecule has 0 amide bonds. The third kappa shape index (κ3) is 17.1. The van der Waals surface area contributed by atoms with Gasteiger partial charge in [-0.2, -0.15) is 0 Å². The zero-order chi connectivity index (χ0) is 31.0. The fraction of sp³-hybridized carbons (Fsp3) is 0.622. The van der Waals surface area contributed by atoms with Crippen LogP contribution >= 0.6 is 0 Å². The standard InChI is InChI=1S/C37H55FO5/c1-3-5-7-9-11-12-13-15-17-19-29-41-36(39)31-23-27-35(28-24-31)43-37(40)32-21-25-34(26-22-32)42-30-33(38)20-18-16-14-10-8-6-4-2/h21-28,33H,3-20,29-30H2,1-2H3. The molecular formula is C37H55FO5. The first-order valence-corrected chi connectivity index (χ1v) is 16.9. The van der Waals surface area contributed by atoms with Crippen LogP contribution in [0.1, 0.15) is 150 Å². The van der Waals surface area contributed by atoms with Crippen molar-refractivity contribution in [2.75, 3.05) is 13.2 Å². The summed E-state index contributed by atoms with van der Waals surface area (Å²) in [6.07, 6.45) is 19.9. The molecule has 2 rings (SSSR count). The number of carbonyl (C=O) groups is 2. The Balaban J connectivity index is 1.60. The zero-order valence-corrected chi connectivity index (χ0v) is 26.8. The summed E-state index contributed by atoms with van der Waals surface area (Å²) in [6.45, 7) is 4.86. The second-order valence-electron chi connectivity index (χ2n) is 11.6. The van der Waals surface area contributed by atoms with E-state index in [1.807, 2.05) is 0 Å². The highest BCUT2D eigenvalue weighted by atomic mass is 19.1. The second-order valence-corrected chi connectivity index (χ2v) is 11.6. The molecular weight excluding hydrogens is 543 g/mol. The average molecular weight is 599 g/mol. The van der Waals surface area contributed by atoms with Crippen molar-refractivity contribution in [3.05, 3.63) is 59.7 Å². The van der Waals surface area contributed by atoms with E-state index >= 15 is 0 Å². The fourth-order valence-electron chi connectivity index (χ4n) is 4.94. The Morgan fingerprint density at radius 1 is 0.581 bits per heavy atom. The number of hydrogen-bond acceptors (Lipinski definition) is 5. The monoisotopic (exact) mass is 598 g/mol. The molecule has 0 saturated heterocycles. The molecule has 43 heavy (non-hydrogen) atoms. The third-order valence-corrected chi connectivity index (χ3v) is 7.67. The summed E-state index contributed by atoms with van der Waals surface area (Å²) in [4.78, 5) is 24.9. The summed E-state index contributed by atoms with van der Waals surface area (Å²) in [6, 6.07) is 12.8. The number of benzene rings is 2. The molecule has 240 valence electrons. The Hall–Kier alpha value is -2.89. The molecule has 2 aromatic carbocycles. The maximum Gasteiger partial charge on any atom is 0.343 e. The summed E-state index contributed by atoms with van der Waals surface area (Å²) < 4.78 is 30.6. The number of rotatable bonds is 25. The van der Waals surface area contributed by atoms with E-state index in [-0.39, 0.29) is 12.6 Å². The van der Waals surface area contributed by atoms with Crippen LogP contribution in [-0.2, 0) is 4.74 Å². The Labute approximate surface area is 259 Å². The Kier molecular flexibility index (Phi) is 19.9. The van der Waals surface area contributed by atoms with Crippen molar-refractivity contribution in [2.45, 2.75) is 136 Å². The molecule has 0 fully saturated rings. The lowest BCUT2D eigenvalue weighted by molar-refractivity contribution is 0.0497. The molecule has 0 heterocycles. The van der Waals surface area contributed by atoms with Gasteiger partial charge in [0.2, 0.25) is 0 Å². The van der Waals surface area contributed by atoms with E-state index in [0.29, 0.717) is 35.7 Å². The fourth-order valence-corrected chi connectivity index (χ4v) is 4.94. The van der Waals surface area contributed by atoms with Crippen molar-refractivity contribution in [2.24, 2.45) is 0 Å². The van der Waals surface area contributed by atoms with Gasteiger partial charge >= 0.3 is 11.9 Å². The SMILES string of the molecule is CCCCCCCCCCCCOC(=O)c1ccc(OC(=O)c2ccc(OCC(F)CCCCCCCCC)cc2)cc1. The summed E-state index contributed by atoms with van der Waals surface area (Å²) >= 11 is 0. The van der Waals surface area contributed by atoms with Crippen LogP contribution in [0, 0.1) is 0 Å². The van der Waals surface area contributed by atoms with E-state index < -0.39 is 12.1 Å². The average Bonchev–Trinajstić information content (AvgIpc) is 3.02. The van der Waals surface area contributed by atoms with Crippen molar-refractivity contribution in [1.29, 1.82) is 0 Å².